The van der Waals surface area contributed by atoms with Gasteiger partial charge in [0.2, 0.25) is 0 Å². The van der Waals surface area contributed by atoms with E-state index < -0.39 is 0 Å². The number of ketones is 1. The van der Waals surface area contributed by atoms with Crippen molar-refractivity contribution in [2.75, 3.05) is 0 Å². The van der Waals surface area contributed by atoms with E-state index in [0.717, 1.165) is 24.8 Å². The SMILES string of the molecule is O=C(/C1=C/CCCCCC1)c1cc(Cl)cc(Cl)c1. The highest BCUT2D eigenvalue weighted by molar-refractivity contribution is 6.35. The van der Waals surface area contributed by atoms with E-state index in [1.54, 1.807) is 18.2 Å². The molecule has 1 aliphatic carbocycles. The molecule has 3 heteroatoms. The monoisotopic (exact) mass is 282 g/mol. The molecule has 1 aromatic rings. The number of halogens is 2. The Morgan fingerprint density at radius 2 is 1.61 bits per heavy atom. The average Bonchev–Trinajstić information content (AvgIpc) is 2.26. The third kappa shape index (κ3) is 3.60. The molecule has 1 aromatic carbocycles. The summed E-state index contributed by atoms with van der Waals surface area (Å²) in [6.45, 7) is 0. The van der Waals surface area contributed by atoms with Gasteiger partial charge in [0.25, 0.3) is 0 Å². The predicted molar refractivity (Wildman–Crippen MR) is 76.6 cm³/mol. The van der Waals surface area contributed by atoms with E-state index in [9.17, 15) is 4.79 Å². The lowest BCUT2D eigenvalue weighted by Crippen LogP contribution is -2.05. The molecular weight excluding hydrogens is 267 g/mol. The summed E-state index contributed by atoms with van der Waals surface area (Å²) in [5, 5.41) is 1.02. The third-order valence-electron chi connectivity index (χ3n) is 3.21. The number of Topliss-reactive ketones (excluding diaryl/α,β-unsaturated/α-hetero) is 1. The molecule has 0 heterocycles. The predicted octanol–water partition coefficient (Wildman–Crippen LogP) is 5.46. The molecule has 0 radical (unpaired) electrons. The summed E-state index contributed by atoms with van der Waals surface area (Å²) >= 11 is 11.9. The number of carbonyl (C=O) groups excluding carboxylic acids is 1. The van der Waals surface area contributed by atoms with Gasteiger partial charge in [-0.05, 0) is 49.5 Å². The van der Waals surface area contributed by atoms with Crippen LogP contribution in [-0.2, 0) is 0 Å². The quantitative estimate of drug-likeness (QED) is 0.659. The molecular formula is C15H16Cl2O. The van der Waals surface area contributed by atoms with Crippen LogP contribution in [0, 0.1) is 0 Å². The molecule has 96 valence electrons. The van der Waals surface area contributed by atoms with Crippen molar-refractivity contribution in [3.05, 3.63) is 45.5 Å². The number of benzene rings is 1. The zero-order valence-electron chi connectivity index (χ0n) is 10.2. The maximum Gasteiger partial charge on any atom is 0.188 e. The molecule has 0 atom stereocenters. The minimum Gasteiger partial charge on any atom is -0.289 e. The van der Waals surface area contributed by atoms with Crippen molar-refractivity contribution < 1.29 is 4.79 Å². The summed E-state index contributed by atoms with van der Waals surface area (Å²) in [5.74, 6) is 0.0706. The second-order valence-electron chi connectivity index (χ2n) is 4.67. The Hall–Kier alpha value is -0.790. The first-order valence-corrected chi connectivity index (χ1v) is 7.12. The summed E-state index contributed by atoms with van der Waals surface area (Å²) in [6, 6.07) is 5.02. The van der Waals surface area contributed by atoms with Gasteiger partial charge in [-0.25, -0.2) is 0 Å². The van der Waals surface area contributed by atoms with E-state index in [1.165, 1.54) is 19.3 Å². The van der Waals surface area contributed by atoms with Gasteiger partial charge in [-0.3, -0.25) is 4.79 Å². The van der Waals surface area contributed by atoms with Crippen molar-refractivity contribution in [1.29, 1.82) is 0 Å². The zero-order valence-corrected chi connectivity index (χ0v) is 11.7. The molecule has 0 aromatic heterocycles. The van der Waals surface area contributed by atoms with Gasteiger partial charge in [0, 0.05) is 15.6 Å². The fourth-order valence-corrected chi connectivity index (χ4v) is 2.79. The molecule has 0 saturated carbocycles. The molecule has 0 bridgehead atoms. The van der Waals surface area contributed by atoms with E-state index in [2.05, 4.69) is 6.08 Å². The van der Waals surface area contributed by atoms with Gasteiger partial charge in [0.1, 0.15) is 0 Å². The number of hydrogen-bond donors (Lipinski definition) is 0. The minimum atomic E-state index is 0.0706. The van der Waals surface area contributed by atoms with Gasteiger partial charge < -0.3 is 0 Å². The van der Waals surface area contributed by atoms with Crippen LogP contribution in [-0.4, -0.2) is 5.78 Å². The Kier molecular flexibility index (Phi) is 4.85. The molecule has 1 aliphatic rings. The van der Waals surface area contributed by atoms with Crippen molar-refractivity contribution >= 4 is 29.0 Å². The maximum absolute atomic E-state index is 12.4. The van der Waals surface area contributed by atoms with Crippen LogP contribution in [0.15, 0.2) is 29.8 Å². The molecule has 0 fully saturated rings. The minimum absolute atomic E-state index is 0.0706. The van der Waals surface area contributed by atoms with Gasteiger partial charge in [0.15, 0.2) is 5.78 Å². The average molecular weight is 283 g/mol. The first-order chi connectivity index (χ1) is 8.66. The lowest BCUT2D eigenvalue weighted by molar-refractivity contribution is 0.102. The topological polar surface area (TPSA) is 17.1 Å². The standard InChI is InChI=1S/C15H16Cl2O/c16-13-8-12(9-14(17)10-13)15(18)11-6-4-2-1-3-5-7-11/h6,8-10H,1-5,7H2/b11-6+. The summed E-state index contributed by atoms with van der Waals surface area (Å²) in [6.07, 6.45) is 8.68. The van der Waals surface area contributed by atoms with Gasteiger partial charge in [-0.2, -0.15) is 0 Å². The van der Waals surface area contributed by atoms with E-state index in [-0.39, 0.29) is 5.78 Å². The number of carbonyl (C=O) groups is 1. The van der Waals surface area contributed by atoms with E-state index >= 15 is 0 Å². The van der Waals surface area contributed by atoms with Crippen molar-refractivity contribution in [3.63, 3.8) is 0 Å². The Morgan fingerprint density at radius 3 is 2.33 bits per heavy atom. The fourth-order valence-electron chi connectivity index (χ4n) is 2.27. The molecule has 0 N–H and O–H groups in total. The molecule has 1 nitrogen and oxygen atoms in total. The normalized spacial score (nSPS) is 19.6. The van der Waals surface area contributed by atoms with Crippen molar-refractivity contribution in [2.24, 2.45) is 0 Å². The van der Waals surface area contributed by atoms with E-state index in [0.29, 0.717) is 15.6 Å². The number of rotatable bonds is 2. The van der Waals surface area contributed by atoms with Gasteiger partial charge >= 0.3 is 0 Å². The van der Waals surface area contributed by atoms with Crippen LogP contribution in [0.3, 0.4) is 0 Å². The maximum atomic E-state index is 12.4. The third-order valence-corrected chi connectivity index (χ3v) is 3.64. The summed E-state index contributed by atoms with van der Waals surface area (Å²) in [5.41, 5.74) is 1.51. The Labute approximate surface area is 118 Å². The molecule has 0 spiro atoms. The second-order valence-corrected chi connectivity index (χ2v) is 5.54. The highest BCUT2D eigenvalue weighted by atomic mass is 35.5. The number of hydrogen-bond acceptors (Lipinski definition) is 1. The lowest BCUT2D eigenvalue weighted by atomic mass is 9.94. The first kappa shape index (κ1) is 13.6. The fraction of sp³-hybridized carbons (Fsp3) is 0.400. The summed E-state index contributed by atoms with van der Waals surface area (Å²) < 4.78 is 0. The first-order valence-electron chi connectivity index (χ1n) is 6.36. The van der Waals surface area contributed by atoms with Gasteiger partial charge in [-0.15, -0.1) is 0 Å². The van der Waals surface area contributed by atoms with Gasteiger partial charge in [-0.1, -0.05) is 42.1 Å². The van der Waals surface area contributed by atoms with Crippen LogP contribution in [0.5, 0.6) is 0 Å². The van der Waals surface area contributed by atoms with Crippen molar-refractivity contribution in [2.45, 2.75) is 38.5 Å². The molecule has 0 saturated heterocycles. The molecule has 0 amide bonds. The summed E-state index contributed by atoms with van der Waals surface area (Å²) in [4.78, 5) is 12.4. The smallest absolute Gasteiger partial charge is 0.188 e. The van der Waals surface area contributed by atoms with Crippen LogP contribution in [0.4, 0.5) is 0 Å². The Morgan fingerprint density at radius 1 is 0.944 bits per heavy atom. The van der Waals surface area contributed by atoms with Crippen molar-refractivity contribution in [3.8, 4) is 0 Å². The molecule has 2 rings (SSSR count). The zero-order chi connectivity index (χ0) is 13.0. The lowest BCUT2D eigenvalue weighted by Gasteiger charge is -2.11. The Bertz CT molecular complexity index is 457. The molecule has 0 aliphatic heterocycles. The van der Waals surface area contributed by atoms with E-state index in [4.69, 9.17) is 23.2 Å². The van der Waals surface area contributed by atoms with Crippen LogP contribution < -0.4 is 0 Å². The molecule has 0 unspecified atom stereocenters. The molecule has 18 heavy (non-hydrogen) atoms. The van der Waals surface area contributed by atoms with Crippen LogP contribution >= 0.6 is 23.2 Å². The number of allylic oxidation sites excluding steroid dienone is 2. The van der Waals surface area contributed by atoms with Gasteiger partial charge in [0.05, 0.1) is 0 Å². The Balaban J connectivity index is 2.23. The van der Waals surface area contributed by atoms with Crippen LogP contribution in [0.1, 0.15) is 48.9 Å². The largest absolute Gasteiger partial charge is 0.289 e. The van der Waals surface area contributed by atoms with E-state index in [1.807, 2.05) is 0 Å². The van der Waals surface area contributed by atoms with Crippen LogP contribution in [0.2, 0.25) is 10.0 Å². The highest BCUT2D eigenvalue weighted by Crippen LogP contribution is 2.24. The second kappa shape index (κ2) is 6.40. The van der Waals surface area contributed by atoms with Crippen molar-refractivity contribution in [1.82, 2.24) is 0 Å². The van der Waals surface area contributed by atoms with Crippen LogP contribution in [0.25, 0.3) is 0 Å². The summed E-state index contributed by atoms with van der Waals surface area (Å²) in [7, 11) is 0. The highest BCUT2D eigenvalue weighted by Gasteiger charge is 2.14.